The van der Waals surface area contributed by atoms with E-state index in [1.165, 1.54) is 19.1 Å². The minimum Gasteiger partial charge on any atom is -0.362 e. The zero-order valence-electron chi connectivity index (χ0n) is 10.9. The third-order valence-corrected chi connectivity index (χ3v) is 3.07. The van der Waals surface area contributed by atoms with Crippen molar-refractivity contribution in [2.75, 3.05) is 0 Å². The fourth-order valence-electron chi connectivity index (χ4n) is 1.97. The second-order valence-corrected chi connectivity index (χ2v) is 4.81. The molecule has 0 saturated heterocycles. The van der Waals surface area contributed by atoms with Gasteiger partial charge in [0.25, 0.3) is 11.6 Å². The van der Waals surface area contributed by atoms with Crippen molar-refractivity contribution in [3.05, 3.63) is 35.4 Å². The Morgan fingerprint density at radius 2 is 1.85 bits per heavy atom. The van der Waals surface area contributed by atoms with E-state index >= 15 is 0 Å². The lowest BCUT2D eigenvalue weighted by molar-refractivity contribution is -0.297. The molecule has 7 heteroatoms. The maximum atomic E-state index is 13.0. The van der Waals surface area contributed by atoms with E-state index in [2.05, 4.69) is 5.10 Å². The molecule has 0 bridgehead atoms. The van der Waals surface area contributed by atoms with Crippen LogP contribution in [-0.2, 0) is 0 Å². The van der Waals surface area contributed by atoms with E-state index in [9.17, 15) is 23.1 Å². The standard InChI is InChI=1S/C13H13F3N2O2/c1-8-3-5-10(6-4-8)11(19)18-12(20,13(14,15)16)7-9(2)17-18/h3-6,20H,7H2,1-2H3. The normalized spacial score (nSPS) is 22.9. The Bertz CT molecular complexity index is 566. The van der Waals surface area contributed by atoms with Gasteiger partial charge in [-0.1, -0.05) is 17.7 Å². The van der Waals surface area contributed by atoms with Crippen LogP contribution in [0.25, 0.3) is 0 Å². The summed E-state index contributed by atoms with van der Waals surface area (Å²) in [5.74, 6) is -0.985. The minimum absolute atomic E-state index is 0.0386. The molecule has 20 heavy (non-hydrogen) atoms. The fraction of sp³-hybridized carbons (Fsp3) is 0.385. The summed E-state index contributed by atoms with van der Waals surface area (Å²) < 4.78 is 39.0. The summed E-state index contributed by atoms with van der Waals surface area (Å²) in [5.41, 5.74) is -2.32. The maximum Gasteiger partial charge on any atom is 0.438 e. The Labute approximate surface area is 113 Å². The first kappa shape index (κ1) is 14.5. The number of benzene rings is 1. The molecule has 0 aliphatic carbocycles. The Morgan fingerprint density at radius 1 is 1.30 bits per heavy atom. The molecule has 1 aromatic rings. The van der Waals surface area contributed by atoms with E-state index in [1.54, 1.807) is 19.1 Å². The summed E-state index contributed by atoms with van der Waals surface area (Å²) in [6.07, 6.45) is -5.72. The quantitative estimate of drug-likeness (QED) is 0.862. The van der Waals surface area contributed by atoms with Gasteiger partial charge in [0.15, 0.2) is 0 Å². The predicted molar refractivity (Wildman–Crippen MR) is 66.1 cm³/mol. The molecule has 1 aliphatic rings. The Balaban J connectivity index is 2.39. The molecule has 1 aromatic carbocycles. The summed E-state index contributed by atoms with van der Waals surface area (Å²) in [4.78, 5) is 12.1. The summed E-state index contributed by atoms with van der Waals surface area (Å²) in [5, 5.41) is 13.5. The van der Waals surface area contributed by atoms with Gasteiger partial charge >= 0.3 is 6.18 Å². The predicted octanol–water partition coefficient (Wildman–Crippen LogP) is 2.47. The van der Waals surface area contributed by atoms with Gasteiger partial charge in [0.1, 0.15) is 0 Å². The first-order chi connectivity index (χ1) is 9.15. The zero-order chi connectivity index (χ0) is 15.1. The van der Waals surface area contributed by atoms with Crippen LogP contribution >= 0.6 is 0 Å². The topological polar surface area (TPSA) is 52.9 Å². The van der Waals surface area contributed by atoms with Crippen molar-refractivity contribution in [3.63, 3.8) is 0 Å². The van der Waals surface area contributed by atoms with Crippen LogP contribution in [0.2, 0.25) is 0 Å². The molecule has 0 fully saturated rings. The van der Waals surface area contributed by atoms with E-state index in [4.69, 9.17) is 0 Å². The van der Waals surface area contributed by atoms with Crippen LogP contribution < -0.4 is 0 Å². The molecule has 2 rings (SSSR count). The van der Waals surface area contributed by atoms with E-state index in [-0.39, 0.29) is 16.3 Å². The number of aliphatic hydroxyl groups is 1. The zero-order valence-corrected chi connectivity index (χ0v) is 10.9. The second kappa shape index (κ2) is 4.59. The lowest BCUT2D eigenvalue weighted by atomic mass is 10.1. The molecule has 0 aromatic heterocycles. The Morgan fingerprint density at radius 3 is 2.35 bits per heavy atom. The van der Waals surface area contributed by atoms with Gasteiger partial charge in [-0.2, -0.15) is 23.3 Å². The molecular weight excluding hydrogens is 273 g/mol. The average Bonchev–Trinajstić information content (AvgIpc) is 2.65. The number of hydrazone groups is 1. The monoisotopic (exact) mass is 286 g/mol. The van der Waals surface area contributed by atoms with E-state index in [1.807, 2.05) is 0 Å². The molecular formula is C13H13F3N2O2. The lowest BCUT2D eigenvalue weighted by Gasteiger charge is -2.32. The van der Waals surface area contributed by atoms with Crippen LogP contribution in [0.5, 0.6) is 0 Å². The maximum absolute atomic E-state index is 13.0. The van der Waals surface area contributed by atoms with Crippen LogP contribution in [0.1, 0.15) is 29.3 Å². The van der Waals surface area contributed by atoms with Gasteiger partial charge < -0.3 is 5.11 Å². The van der Waals surface area contributed by atoms with Crippen LogP contribution in [0.4, 0.5) is 13.2 Å². The van der Waals surface area contributed by atoms with Gasteiger partial charge in [0, 0.05) is 17.7 Å². The molecule has 0 radical (unpaired) electrons. The number of carbonyl (C=O) groups is 1. The third kappa shape index (κ3) is 2.29. The number of alkyl halides is 3. The van der Waals surface area contributed by atoms with Crippen LogP contribution in [0.3, 0.4) is 0 Å². The van der Waals surface area contributed by atoms with Crippen molar-refractivity contribution in [2.45, 2.75) is 32.2 Å². The highest BCUT2D eigenvalue weighted by Crippen LogP contribution is 2.40. The van der Waals surface area contributed by atoms with Crippen LogP contribution in [-0.4, -0.2) is 33.6 Å². The second-order valence-electron chi connectivity index (χ2n) is 4.81. The number of amides is 1. The van der Waals surface area contributed by atoms with Crippen molar-refractivity contribution in [2.24, 2.45) is 5.10 Å². The van der Waals surface area contributed by atoms with Gasteiger partial charge in [-0.25, -0.2) is 0 Å². The third-order valence-electron chi connectivity index (χ3n) is 3.07. The molecule has 1 heterocycles. The smallest absolute Gasteiger partial charge is 0.362 e. The first-order valence-corrected chi connectivity index (χ1v) is 5.89. The molecule has 108 valence electrons. The highest BCUT2D eigenvalue weighted by Gasteiger charge is 2.62. The van der Waals surface area contributed by atoms with Crippen molar-refractivity contribution in [3.8, 4) is 0 Å². The van der Waals surface area contributed by atoms with Gasteiger partial charge in [-0.3, -0.25) is 4.79 Å². The Kier molecular flexibility index (Phi) is 3.33. The first-order valence-electron chi connectivity index (χ1n) is 5.89. The fourth-order valence-corrected chi connectivity index (χ4v) is 1.97. The molecule has 1 amide bonds. The van der Waals surface area contributed by atoms with Crippen molar-refractivity contribution < 1.29 is 23.1 Å². The number of aryl methyl sites for hydroxylation is 1. The largest absolute Gasteiger partial charge is 0.438 e. The van der Waals surface area contributed by atoms with Gasteiger partial charge in [-0.05, 0) is 26.0 Å². The molecule has 1 N–H and O–H groups in total. The van der Waals surface area contributed by atoms with Crippen molar-refractivity contribution >= 4 is 11.6 Å². The number of rotatable bonds is 1. The summed E-state index contributed by atoms with van der Waals surface area (Å²) in [6, 6.07) is 6.01. The van der Waals surface area contributed by atoms with Crippen LogP contribution in [0.15, 0.2) is 29.4 Å². The average molecular weight is 286 g/mol. The molecule has 1 aliphatic heterocycles. The van der Waals surface area contributed by atoms with E-state index in [0.29, 0.717) is 0 Å². The van der Waals surface area contributed by atoms with Gasteiger partial charge in [0.2, 0.25) is 0 Å². The van der Waals surface area contributed by atoms with Crippen molar-refractivity contribution in [1.29, 1.82) is 0 Å². The highest BCUT2D eigenvalue weighted by atomic mass is 19.4. The number of nitrogens with zero attached hydrogens (tertiary/aromatic N) is 2. The summed E-state index contributed by atoms with van der Waals surface area (Å²) in [7, 11) is 0. The molecule has 0 saturated carbocycles. The lowest BCUT2D eigenvalue weighted by Crippen LogP contribution is -2.56. The highest BCUT2D eigenvalue weighted by molar-refractivity contribution is 5.97. The summed E-state index contributed by atoms with van der Waals surface area (Å²) in [6.45, 7) is 3.12. The molecule has 4 nitrogen and oxygen atoms in total. The number of halogens is 3. The molecule has 0 spiro atoms. The van der Waals surface area contributed by atoms with Gasteiger partial charge in [0.05, 0.1) is 0 Å². The van der Waals surface area contributed by atoms with E-state index in [0.717, 1.165) is 5.56 Å². The molecule has 1 unspecified atom stereocenters. The SMILES string of the molecule is CC1=NN(C(=O)c2ccc(C)cc2)C(O)(C(F)(F)F)C1. The van der Waals surface area contributed by atoms with Gasteiger partial charge in [-0.15, -0.1) is 0 Å². The van der Waals surface area contributed by atoms with Crippen molar-refractivity contribution in [1.82, 2.24) is 5.01 Å². The Hall–Kier alpha value is -1.89. The minimum atomic E-state index is -4.98. The number of carbonyl (C=O) groups excluding carboxylic acids is 1. The number of hydrogen-bond acceptors (Lipinski definition) is 3. The van der Waals surface area contributed by atoms with E-state index < -0.39 is 24.2 Å². The summed E-state index contributed by atoms with van der Waals surface area (Å²) >= 11 is 0. The van der Waals surface area contributed by atoms with Crippen LogP contribution in [0, 0.1) is 6.92 Å². The molecule has 1 atom stereocenters. The number of hydrogen-bond donors (Lipinski definition) is 1.